The Morgan fingerprint density at radius 2 is 1.41 bits per heavy atom. The first-order valence-corrected chi connectivity index (χ1v) is 13.6. The number of aliphatic carboxylic acids is 2. The summed E-state index contributed by atoms with van der Waals surface area (Å²) >= 11 is 0. The quantitative estimate of drug-likeness (QED) is 0.0980. The fourth-order valence-corrected chi connectivity index (χ4v) is 4.46. The first-order chi connectivity index (χ1) is 20.8. The largest absolute Gasteiger partial charge is 0.508 e. The molecular weight excluding hydrogens is 576 g/mol. The van der Waals surface area contributed by atoms with E-state index in [0.29, 0.717) is 11.1 Å². The fraction of sp³-hybridized carbons (Fsp3) is 0.310. The van der Waals surface area contributed by atoms with Crippen LogP contribution in [0.2, 0.25) is 0 Å². The zero-order valence-corrected chi connectivity index (χ0v) is 23.5. The lowest BCUT2D eigenvalue weighted by Gasteiger charge is -2.25. The summed E-state index contributed by atoms with van der Waals surface area (Å²) in [7, 11) is 0. The molecule has 0 aliphatic carbocycles. The summed E-state index contributed by atoms with van der Waals surface area (Å²) in [5, 5.41) is 36.5. The Bertz CT molecular complexity index is 1520. The number of aromatic amines is 1. The number of fused-ring (bicyclic) bond motifs is 1. The van der Waals surface area contributed by atoms with Gasteiger partial charge in [0.05, 0.1) is 12.5 Å². The number of carboxylic acid groups (broad SMARTS) is 2. The number of aromatic hydroxyl groups is 1. The Labute approximate surface area is 251 Å². The summed E-state index contributed by atoms with van der Waals surface area (Å²) in [6.45, 7) is 0. The van der Waals surface area contributed by atoms with Gasteiger partial charge >= 0.3 is 11.9 Å². The number of hydrogen-bond donors (Lipinski definition) is 9. The molecule has 4 amide bonds. The number of carboxylic acids is 2. The second-order valence-electron chi connectivity index (χ2n) is 10.2. The van der Waals surface area contributed by atoms with Crippen molar-refractivity contribution in [1.82, 2.24) is 20.9 Å². The van der Waals surface area contributed by atoms with Crippen LogP contribution in [0.4, 0.5) is 0 Å². The fourth-order valence-electron chi connectivity index (χ4n) is 4.46. The van der Waals surface area contributed by atoms with Gasteiger partial charge in [-0.1, -0.05) is 30.3 Å². The van der Waals surface area contributed by atoms with E-state index in [0.717, 1.165) is 10.9 Å². The van der Waals surface area contributed by atoms with Crippen LogP contribution in [0.15, 0.2) is 54.7 Å². The number of phenols is 1. The van der Waals surface area contributed by atoms with E-state index in [1.165, 1.54) is 24.3 Å². The SMILES string of the molecule is NC(=O)CCC(NC(=O)C(N)CC(=O)O)C(=O)NC(Cc1ccc(O)cc1)C(=O)NC(Cc1c[nH]c2ccccc12)C(=O)O. The van der Waals surface area contributed by atoms with Crippen LogP contribution in [-0.4, -0.2) is 80.0 Å². The molecule has 0 saturated heterocycles. The molecule has 0 aliphatic rings. The van der Waals surface area contributed by atoms with Gasteiger partial charge < -0.3 is 47.7 Å². The smallest absolute Gasteiger partial charge is 0.326 e. The summed E-state index contributed by atoms with van der Waals surface area (Å²) in [5.74, 6) is -6.27. The van der Waals surface area contributed by atoms with Crippen molar-refractivity contribution in [1.29, 1.82) is 0 Å². The van der Waals surface area contributed by atoms with Crippen LogP contribution >= 0.6 is 0 Å². The standard InChI is InChI=1S/C29H34N6O9/c30-19(13-25(38)39)26(40)33-21(9-10-24(31)37)27(41)34-22(11-15-5-7-17(36)8-6-15)28(42)35-23(29(43)44)12-16-14-32-20-4-2-1-3-18(16)20/h1-8,14,19,21-23,32,36H,9-13,30H2,(H2,31,37)(H,33,40)(H,34,41)(H,35,42)(H,38,39)(H,43,44). The Hall–Kier alpha value is -5.44. The number of phenolic OH excluding ortho intramolecular Hbond substituents is 1. The Morgan fingerprint density at radius 1 is 0.795 bits per heavy atom. The number of aromatic nitrogens is 1. The molecule has 4 atom stereocenters. The van der Waals surface area contributed by atoms with Gasteiger partial charge in [0.1, 0.15) is 23.9 Å². The molecule has 4 unspecified atom stereocenters. The number of carbonyl (C=O) groups excluding carboxylic acids is 4. The van der Waals surface area contributed by atoms with Gasteiger partial charge in [-0.05, 0) is 35.7 Å². The lowest BCUT2D eigenvalue weighted by molar-refractivity contribution is -0.142. The summed E-state index contributed by atoms with van der Waals surface area (Å²) < 4.78 is 0. The number of carbonyl (C=O) groups is 6. The number of H-pyrrole nitrogens is 1. The van der Waals surface area contributed by atoms with E-state index in [4.69, 9.17) is 16.6 Å². The molecule has 0 saturated carbocycles. The molecule has 0 aliphatic heterocycles. The van der Waals surface area contributed by atoms with Crippen molar-refractivity contribution in [2.24, 2.45) is 11.5 Å². The van der Waals surface area contributed by atoms with Gasteiger partial charge in [-0.3, -0.25) is 24.0 Å². The van der Waals surface area contributed by atoms with Crippen molar-refractivity contribution in [2.45, 2.75) is 56.3 Å². The topological polar surface area (TPSA) is 267 Å². The number of nitrogens with two attached hydrogens (primary N) is 2. The molecule has 3 rings (SSSR count). The zero-order chi connectivity index (χ0) is 32.4. The summed E-state index contributed by atoms with van der Waals surface area (Å²) in [4.78, 5) is 76.9. The highest BCUT2D eigenvalue weighted by atomic mass is 16.4. The molecule has 1 heterocycles. The van der Waals surface area contributed by atoms with Gasteiger partial charge in [-0.2, -0.15) is 0 Å². The Morgan fingerprint density at radius 3 is 2.05 bits per heavy atom. The molecule has 15 heteroatoms. The summed E-state index contributed by atoms with van der Waals surface area (Å²) in [6, 6.07) is 7.24. The lowest BCUT2D eigenvalue weighted by atomic mass is 10.0. The number of nitrogens with one attached hydrogen (secondary N) is 4. The van der Waals surface area contributed by atoms with Crippen molar-refractivity contribution in [3.8, 4) is 5.75 Å². The van der Waals surface area contributed by atoms with Crippen molar-refractivity contribution in [3.05, 3.63) is 65.9 Å². The third-order valence-corrected chi connectivity index (χ3v) is 6.77. The van der Waals surface area contributed by atoms with Crippen molar-refractivity contribution in [3.63, 3.8) is 0 Å². The van der Waals surface area contributed by atoms with Crippen LogP contribution < -0.4 is 27.4 Å². The average Bonchev–Trinajstić information content (AvgIpc) is 3.37. The van der Waals surface area contributed by atoms with Crippen LogP contribution in [0.3, 0.4) is 0 Å². The van der Waals surface area contributed by atoms with Crippen LogP contribution in [0.25, 0.3) is 10.9 Å². The predicted octanol–water partition coefficient (Wildman–Crippen LogP) is -0.735. The predicted molar refractivity (Wildman–Crippen MR) is 156 cm³/mol. The van der Waals surface area contributed by atoms with Crippen LogP contribution in [0, 0.1) is 0 Å². The first kappa shape index (κ1) is 33.1. The lowest BCUT2D eigenvalue weighted by Crippen LogP contribution is -2.58. The number of primary amides is 1. The third kappa shape index (κ3) is 9.55. The normalized spacial score (nSPS) is 13.7. The molecule has 11 N–H and O–H groups in total. The maximum absolute atomic E-state index is 13.5. The maximum Gasteiger partial charge on any atom is 0.326 e. The minimum absolute atomic E-state index is 0.0459. The summed E-state index contributed by atoms with van der Waals surface area (Å²) in [6.07, 6.45) is 0.0556. The second-order valence-corrected chi connectivity index (χ2v) is 10.2. The van der Waals surface area contributed by atoms with Crippen LogP contribution in [0.5, 0.6) is 5.75 Å². The number of benzene rings is 2. The van der Waals surface area contributed by atoms with Gasteiger partial charge in [0.15, 0.2) is 0 Å². The molecule has 2 aromatic carbocycles. The molecule has 44 heavy (non-hydrogen) atoms. The Kier molecular flexibility index (Phi) is 11.4. The zero-order valence-electron chi connectivity index (χ0n) is 23.5. The molecule has 234 valence electrons. The van der Waals surface area contributed by atoms with E-state index in [1.54, 1.807) is 18.3 Å². The highest BCUT2D eigenvalue weighted by Crippen LogP contribution is 2.19. The molecule has 0 radical (unpaired) electrons. The molecule has 0 fully saturated rings. The minimum Gasteiger partial charge on any atom is -0.508 e. The van der Waals surface area contributed by atoms with Crippen molar-refractivity contribution >= 4 is 46.5 Å². The summed E-state index contributed by atoms with van der Waals surface area (Å²) in [5.41, 5.74) is 12.7. The molecular formula is C29H34N6O9. The van der Waals surface area contributed by atoms with E-state index < -0.39 is 66.2 Å². The van der Waals surface area contributed by atoms with Gasteiger partial charge in [0.25, 0.3) is 0 Å². The highest BCUT2D eigenvalue weighted by molar-refractivity contribution is 5.95. The van der Waals surface area contributed by atoms with Gasteiger partial charge in [0.2, 0.25) is 23.6 Å². The Balaban J connectivity index is 1.84. The molecule has 3 aromatic rings. The molecule has 15 nitrogen and oxygen atoms in total. The van der Waals surface area contributed by atoms with Crippen molar-refractivity contribution < 1.29 is 44.1 Å². The second kappa shape index (κ2) is 15.2. The van der Waals surface area contributed by atoms with Crippen molar-refractivity contribution in [2.75, 3.05) is 0 Å². The molecule has 1 aromatic heterocycles. The van der Waals surface area contributed by atoms with Gasteiger partial charge in [0, 0.05) is 36.4 Å². The number of amides is 4. The highest BCUT2D eigenvalue weighted by Gasteiger charge is 2.31. The van der Waals surface area contributed by atoms with E-state index in [-0.39, 0.29) is 31.4 Å². The number of rotatable bonds is 16. The molecule has 0 bridgehead atoms. The van der Waals surface area contributed by atoms with E-state index in [2.05, 4.69) is 20.9 Å². The number of hydrogen-bond acceptors (Lipinski definition) is 8. The molecule has 0 spiro atoms. The maximum atomic E-state index is 13.5. The average molecular weight is 611 g/mol. The van der Waals surface area contributed by atoms with Gasteiger partial charge in [-0.15, -0.1) is 0 Å². The van der Waals surface area contributed by atoms with Gasteiger partial charge in [-0.25, -0.2) is 4.79 Å². The van der Waals surface area contributed by atoms with E-state index >= 15 is 0 Å². The van der Waals surface area contributed by atoms with Crippen LogP contribution in [-0.2, 0) is 41.6 Å². The third-order valence-electron chi connectivity index (χ3n) is 6.77. The van der Waals surface area contributed by atoms with E-state index in [1.807, 2.05) is 12.1 Å². The number of para-hydroxylation sites is 1. The minimum atomic E-state index is -1.51. The van der Waals surface area contributed by atoms with E-state index in [9.17, 15) is 39.0 Å². The van der Waals surface area contributed by atoms with Crippen LogP contribution in [0.1, 0.15) is 30.4 Å². The monoisotopic (exact) mass is 610 g/mol. The first-order valence-electron chi connectivity index (χ1n) is 13.6.